The van der Waals surface area contributed by atoms with Crippen LogP contribution in [0.2, 0.25) is 0 Å². The van der Waals surface area contributed by atoms with Gasteiger partial charge < -0.3 is 5.32 Å². The Labute approximate surface area is 67.4 Å². The summed E-state index contributed by atoms with van der Waals surface area (Å²) in [5.74, 6) is 2.18. The van der Waals surface area contributed by atoms with E-state index in [-0.39, 0.29) is 17.7 Å². The second kappa shape index (κ2) is 3.54. The number of Topliss-reactive ketones (excluding diaryl/α,β-unsaturated/α-hetero) is 1. The van der Waals surface area contributed by atoms with Gasteiger partial charge in [0.25, 0.3) is 0 Å². The highest BCUT2D eigenvalue weighted by atomic mass is 16.1. The summed E-state index contributed by atoms with van der Waals surface area (Å²) >= 11 is 0. The van der Waals surface area contributed by atoms with Gasteiger partial charge in [0.05, 0.1) is 0 Å². The van der Waals surface area contributed by atoms with Crippen molar-refractivity contribution in [2.45, 2.75) is 25.8 Å². The van der Waals surface area contributed by atoms with Crippen molar-refractivity contribution < 1.29 is 4.79 Å². The molecule has 1 saturated heterocycles. The average molecular weight is 151 g/mol. The minimum absolute atomic E-state index is 0.0498. The SMILES string of the molecule is C#CC(=O)C1CCCNC1C. The van der Waals surface area contributed by atoms with E-state index in [1.165, 1.54) is 0 Å². The van der Waals surface area contributed by atoms with Gasteiger partial charge in [0, 0.05) is 12.0 Å². The van der Waals surface area contributed by atoms with Crippen LogP contribution in [-0.4, -0.2) is 18.4 Å². The predicted molar refractivity (Wildman–Crippen MR) is 44.0 cm³/mol. The lowest BCUT2D eigenvalue weighted by Crippen LogP contribution is -2.42. The van der Waals surface area contributed by atoms with Crippen molar-refractivity contribution in [2.24, 2.45) is 5.92 Å². The predicted octanol–water partition coefficient (Wildman–Crippen LogP) is 0.577. The topological polar surface area (TPSA) is 29.1 Å². The Morgan fingerprint density at radius 1 is 1.73 bits per heavy atom. The third kappa shape index (κ3) is 1.81. The van der Waals surface area contributed by atoms with Gasteiger partial charge in [-0.25, -0.2) is 0 Å². The van der Waals surface area contributed by atoms with Crippen LogP contribution in [0.3, 0.4) is 0 Å². The molecule has 1 rings (SSSR count). The van der Waals surface area contributed by atoms with E-state index in [9.17, 15) is 4.79 Å². The van der Waals surface area contributed by atoms with Gasteiger partial charge in [-0.1, -0.05) is 0 Å². The van der Waals surface area contributed by atoms with Gasteiger partial charge in [0.2, 0.25) is 5.78 Å². The first kappa shape index (κ1) is 8.29. The summed E-state index contributed by atoms with van der Waals surface area (Å²) in [6, 6.07) is 0.257. The molecule has 0 spiro atoms. The molecule has 11 heavy (non-hydrogen) atoms. The van der Waals surface area contributed by atoms with Crippen molar-refractivity contribution in [3.63, 3.8) is 0 Å². The average Bonchev–Trinajstić information content (AvgIpc) is 2.04. The van der Waals surface area contributed by atoms with E-state index >= 15 is 0 Å². The molecule has 0 aromatic carbocycles. The van der Waals surface area contributed by atoms with Crippen LogP contribution in [0.5, 0.6) is 0 Å². The molecule has 60 valence electrons. The minimum atomic E-state index is -0.0512. The monoisotopic (exact) mass is 151 g/mol. The van der Waals surface area contributed by atoms with Crippen LogP contribution in [0.4, 0.5) is 0 Å². The molecule has 0 aliphatic carbocycles. The molecule has 0 radical (unpaired) electrons. The molecule has 1 fully saturated rings. The van der Waals surface area contributed by atoms with Crippen molar-refractivity contribution in [1.29, 1.82) is 0 Å². The molecule has 1 N–H and O–H groups in total. The first-order valence-corrected chi connectivity index (χ1v) is 3.99. The van der Waals surface area contributed by atoms with Crippen LogP contribution in [0, 0.1) is 18.3 Å². The highest BCUT2D eigenvalue weighted by Crippen LogP contribution is 2.16. The zero-order valence-electron chi connectivity index (χ0n) is 6.76. The van der Waals surface area contributed by atoms with Gasteiger partial charge in [-0.2, -0.15) is 0 Å². The van der Waals surface area contributed by atoms with Crippen LogP contribution in [-0.2, 0) is 4.79 Å². The van der Waals surface area contributed by atoms with Crippen molar-refractivity contribution in [3.05, 3.63) is 0 Å². The molecule has 0 amide bonds. The van der Waals surface area contributed by atoms with Crippen molar-refractivity contribution in [1.82, 2.24) is 5.32 Å². The van der Waals surface area contributed by atoms with Gasteiger partial charge in [0.15, 0.2) is 0 Å². The van der Waals surface area contributed by atoms with E-state index in [0.29, 0.717) is 0 Å². The molecule has 1 heterocycles. The van der Waals surface area contributed by atoms with Crippen LogP contribution < -0.4 is 5.32 Å². The molecule has 2 nitrogen and oxygen atoms in total. The number of carbonyl (C=O) groups excluding carboxylic acids is 1. The Bertz CT molecular complexity index is 192. The van der Waals surface area contributed by atoms with Crippen molar-refractivity contribution >= 4 is 5.78 Å². The Balaban J connectivity index is 2.56. The molecule has 0 bridgehead atoms. The molecular formula is C9H13NO. The van der Waals surface area contributed by atoms with Crippen LogP contribution in [0.1, 0.15) is 19.8 Å². The van der Waals surface area contributed by atoms with Crippen LogP contribution in [0.25, 0.3) is 0 Å². The van der Waals surface area contributed by atoms with E-state index in [1.807, 2.05) is 6.92 Å². The largest absolute Gasteiger partial charge is 0.314 e. The van der Waals surface area contributed by atoms with Crippen LogP contribution in [0.15, 0.2) is 0 Å². The van der Waals surface area contributed by atoms with Crippen molar-refractivity contribution in [3.8, 4) is 12.3 Å². The summed E-state index contributed by atoms with van der Waals surface area (Å²) in [5.41, 5.74) is 0. The van der Waals surface area contributed by atoms with Gasteiger partial charge in [-0.15, -0.1) is 6.42 Å². The Morgan fingerprint density at radius 3 is 3.00 bits per heavy atom. The number of hydrogen-bond donors (Lipinski definition) is 1. The van der Waals surface area contributed by atoms with Gasteiger partial charge in [-0.05, 0) is 32.2 Å². The summed E-state index contributed by atoms with van der Waals surface area (Å²) in [7, 11) is 0. The number of carbonyl (C=O) groups is 1. The zero-order chi connectivity index (χ0) is 8.27. The minimum Gasteiger partial charge on any atom is -0.314 e. The summed E-state index contributed by atoms with van der Waals surface area (Å²) in [4.78, 5) is 11.1. The summed E-state index contributed by atoms with van der Waals surface area (Å²) < 4.78 is 0. The first-order chi connectivity index (χ1) is 5.25. The fourth-order valence-corrected chi connectivity index (χ4v) is 1.51. The lowest BCUT2D eigenvalue weighted by atomic mass is 9.88. The lowest BCUT2D eigenvalue weighted by molar-refractivity contribution is -0.118. The Morgan fingerprint density at radius 2 is 2.45 bits per heavy atom. The summed E-state index contributed by atoms with van der Waals surface area (Å²) in [6.07, 6.45) is 7.04. The smallest absolute Gasteiger partial charge is 0.209 e. The number of rotatable bonds is 1. The zero-order valence-corrected chi connectivity index (χ0v) is 6.76. The molecule has 0 aromatic rings. The number of nitrogens with one attached hydrogen (secondary N) is 1. The molecule has 1 aliphatic heterocycles. The van der Waals surface area contributed by atoms with E-state index in [4.69, 9.17) is 6.42 Å². The quantitative estimate of drug-likeness (QED) is 0.438. The number of piperidine rings is 1. The lowest BCUT2D eigenvalue weighted by Gasteiger charge is -2.27. The molecule has 1 aliphatic rings. The number of ketones is 1. The first-order valence-electron chi connectivity index (χ1n) is 3.99. The third-order valence-electron chi connectivity index (χ3n) is 2.24. The summed E-state index contributed by atoms with van der Waals surface area (Å²) in [5, 5.41) is 3.23. The standard InChI is InChI=1S/C9H13NO/c1-3-9(11)8-5-4-6-10-7(8)2/h1,7-8,10H,4-6H2,2H3. The highest BCUT2D eigenvalue weighted by Gasteiger charge is 2.25. The van der Waals surface area contributed by atoms with Crippen LogP contribution >= 0.6 is 0 Å². The fourth-order valence-electron chi connectivity index (χ4n) is 1.51. The molecule has 0 aromatic heterocycles. The van der Waals surface area contributed by atoms with E-state index in [1.54, 1.807) is 0 Å². The third-order valence-corrected chi connectivity index (χ3v) is 2.24. The maximum absolute atomic E-state index is 11.1. The molecule has 0 saturated carbocycles. The maximum Gasteiger partial charge on any atom is 0.209 e. The second-order valence-electron chi connectivity index (χ2n) is 3.00. The highest BCUT2D eigenvalue weighted by molar-refractivity contribution is 5.97. The molecular weight excluding hydrogens is 138 g/mol. The number of terminal acetylenes is 1. The van der Waals surface area contributed by atoms with Gasteiger partial charge in [0.1, 0.15) is 0 Å². The molecule has 2 heteroatoms. The molecule has 2 atom stereocenters. The van der Waals surface area contributed by atoms with Gasteiger partial charge in [-0.3, -0.25) is 4.79 Å². The van der Waals surface area contributed by atoms with E-state index < -0.39 is 0 Å². The maximum atomic E-state index is 11.1. The van der Waals surface area contributed by atoms with E-state index in [2.05, 4.69) is 11.2 Å². The van der Waals surface area contributed by atoms with E-state index in [0.717, 1.165) is 19.4 Å². The Hall–Kier alpha value is -0.810. The van der Waals surface area contributed by atoms with Crippen molar-refractivity contribution in [2.75, 3.05) is 6.54 Å². The number of hydrogen-bond acceptors (Lipinski definition) is 2. The summed E-state index contributed by atoms with van der Waals surface area (Å²) in [6.45, 7) is 3.02. The fraction of sp³-hybridized carbons (Fsp3) is 0.667. The molecule has 2 unspecified atom stereocenters. The second-order valence-corrected chi connectivity index (χ2v) is 3.00. The normalized spacial score (nSPS) is 30.9. The van der Waals surface area contributed by atoms with Gasteiger partial charge >= 0.3 is 0 Å². The Kier molecular flexibility index (Phi) is 2.67.